The van der Waals surface area contributed by atoms with Crippen LogP contribution in [0.4, 0.5) is 22.0 Å². The maximum Gasteiger partial charge on any atom is 0.416 e. The smallest absolute Gasteiger partial charge is 0.416 e. The summed E-state index contributed by atoms with van der Waals surface area (Å²) in [5.41, 5.74) is -6.07. The van der Waals surface area contributed by atoms with Crippen molar-refractivity contribution in [1.29, 1.82) is 0 Å². The van der Waals surface area contributed by atoms with E-state index in [2.05, 4.69) is 0 Å². The van der Waals surface area contributed by atoms with Crippen LogP contribution >= 0.6 is 0 Å². The molecule has 49 heavy (non-hydrogen) atoms. The highest BCUT2D eigenvalue weighted by Gasteiger charge is 2.36. The third-order valence-corrected chi connectivity index (χ3v) is 8.86. The predicted octanol–water partition coefficient (Wildman–Crippen LogP) is 5.05. The number of methoxy groups -OCH3 is 1. The van der Waals surface area contributed by atoms with Crippen LogP contribution in [0.15, 0.2) is 76.3 Å². The van der Waals surface area contributed by atoms with Gasteiger partial charge in [-0.1, -0.05) is 48.5 Å². The average Bonchev–Trinajstić information content (AvgIpc) is 3.02. The molecule has 0 saturated heterocycles. The maximum atomic E-state index is 15.7. The number of aromatic nitrogens is 2. The van der Waals surface area contributed by atoms with E-state index in [9.17, 15) is 40.5 Å². The SMILES string of the molecule is COc1cccc(-c2c(C)n(Cc3c(F)cccc3C(F)(F)F)c(=O)n(C[C@@H](c3ccccc3)N(CCCC(=O)O)S(=O)(=O)O)c2=O)c1F. The largest absolute Gasteiger partial charge is 0.494 e. The lowest BCUT2D eigenvalue weighted by Gasteiger charge is -2.30. The number of carbonyl (C=O) groups is 1. The van der Waals surface area contributed by atoms with Crippen LogP contribution < -0.4 is 16.0 Å². The zero-order valence-corrected chi connectivity index (χ0v) is 26.8. The van der Waals surface area contributed by atoms with Gasteiger partial charge in [0.05, 0.1) is 37.4 Å². The number of carboxylic acid groups (broad SMARTS) is 1. The van der Waals surface area contributed by atoms with Gasteiger partial charge in [0.1, 0.15) is 5.82 Å². The fourth-order valence-corrected chi connectivity index (χ4v) is 6.36. The molecule has 17 heteroatoms. The lowest BCUT2D eigenvalue weighted by atomic mass is 10.0. The Kier molecular flexibility index (Phi) is 11.1. The summed E-state index contributed by atoms with van der Waals surface area (Å²) in [6, 6.07) is 11.6. The molecule has 262 valence electrons. The summed E-state index contributed by atoms with van der Waals surface area (Å²) in [4.78, 5) is 39.5. The Morgan fingerprint density at radius 1 is 0.980 bits per heavy atom. The minimum absolute atomic E-state index is 0.122. The topological polar surface area (TPSA) is 148 Å². The highest BCUT2D eigenvalue weighted by Crippen LogP contribution is 2.34. The van der Waals surface area contributed by atoms with Crippen molar-refractivity contribution in [3.05, 3.63) is 122 Å². The van der Waals surface area contributed by atoms with Crippen LogP contribution in [0.3, 0.4) is 0 Å². The second-order valence-electron chi connectivity index (χ2n) is 10.8. The molecule has 0 saturated carbocycles. The predicted molar refractivity (Wildman–Crippen MR) is 166 cm³/mol. The Morgan fingerprint density at radius 3 is 2.22 bits per heavy atom. The zero-order chi connectivity index (χ0) is 36.3. The molecule has 1 atom stereocenters. The Hall–Kier alpha value is -4.87. The first-order chi connectivity index (χ1) is 23.0. The molecule has 0 fully saturated rings. The van der Waals surface area contributed by atoms with Gasteiger partial charge in [0.15, 0.2) is 11.6 Å². The van der Waals surface area contributed by atoms with Gasteiger partial charge in [-0.15, -0.1) is 0 Å². The molecule has 1 aromatic heterocycles. The number of carboxylic acids is 1. The number of halogens is 5. The molecule has 0 aliphatic carbocycles. The summed E-state index contributed by atoms with van der Waals surface area (Å²) in [6.45, 7) is -1.42. The molecule has 1 heterocycles. The molecule has 11 nitrogen and oxygen atoms in total. The summed E-state index contributed by atoms with van der Waals surface area (Å²) >= 11 is 0. The van der Waals surface area contributed by atoms with Crippen molar-refractivity contribution in [2.45, 2.75) is 45.1 Å². The van der Waals surface area contributed by atoms with Crippen LogP contribution in [0.1, 0.15) is 41.3 Å². The van der Waals surface area contributed by atoms with Gasteiger partial charge in [0.2, 0.25) is 0 Å². The molecule has 0 unspecified atom stereocenters. The number of aliphatic carboxylic acids is 1. The molecule has 0 aliphatic rings. The van der Waals surface area contributed by atoms with Crippen molar-refractivity contribution in [1.82, 2.24) is 13.4 Å². The standard InChI is InChI=1S/C32H30F5N3O8S/c1-19-28(21-11-6-14-26(48-2)29(21)34)30(43)39(31(44)38(19)17-22-23(32(35,36)37)12-7-13-24(22)33)18-25(20-9-4-3-5-10-20)40(49(45,46)47)16-8-15-27(41)42/h3-7,9-14,25H,8,15-18H2,1-2H3,(H,41,42)(H,45,46,47)/t25-/m0/s1. The van der Waals surface area contributed by atoms with Crippen molar-refractivity contribution >= 4 is 16.3 Å². The third-order valence-electron chi connectivity index (χ3n) is 7.83. The van der Waals surface area contributed by atoms with Crippen LogP contribution in [0.5, 0.6) is 5.75 Å². The lowest BCUT2D eigenvalue weighted by Crippen LogP contribution is -2.46. The lowest BCUT2D eigenvalue weighted by molar-refractivity contribution is -0.139. The third kappa shape index (κ3) is 8.06. The Morgan fingerprint density at radius 2 is 1.63 bits per heavy atom. The molecule has 0 bridgehead atoms. The van der Waals surface area contributed by atoms with Crippen molar-refractivity contribution < 1.29 is 49.6 Å². The molecule has 0 spiro atoms. The summed E-state index contributed by atoms with van der Waals surface area (Å²) in [6.07, 6.45) is -5.89. The average molecular weight is 712 g/mol. The number of hydrogen-bond donors (Lipinski definition) is 2. The van der Waals surface area contributed by atoms with E-state index in [1.807, 2.05) is 0 Å². The summed E-state index contributed by atoms with van der Waals surface area (Å²) < 4.78 is 115. The number of alkyl halides is 3. The minimum atomic E-state index is -5.16. The van der Waals surface area contributed by atoms with Crippen LogP contribution in [-0.2, 0) is 34.4 Å². The Bertz CT molecular complexity index is 2080. The first kappa shape index (κ1) is 37.0. The molecule has 2 N–H and O–H groups in total. The van der Waals surface area contributed by atoms with E-state index >= 15 is 8.78 Å². The normalized spacial score (nSPS) is 12.7. The maximum absolute atomic E-state index is 15.7. The second kappa shape index (κ2) is 14.7. The number of hydrogen-bond acceptors (Lipinski definition) is 6. The second-order valence-corrected chi connectivity index (χ2v) is 12.2. The van der Waals surface area contributed by atoms with E-state index in [0.29, 0.717) is 19.5 Å². The summed E-state index contributed by atoms with van der Waals surface area (Å²) in [7, 11) is -4.02. The van der Waals surface area contributed by atoms with Crippen LogP contribution in [-0.4, -0.2) is 51.1 Å². The van der Waals surface area contributed by atoms with E-state index < -0.39 is 99.7 Å². The van der Waals surface area contributed by atoms with Gasteiger partial charge in [-0.25, -0.2) is 13.6 Å². The molecule has 4 aromatic rings. The van der Waals surface area contributed by atoms with Crippen molar-refractivity contribution in [3.8, 4) is 16.9 Å². The van der Waals surface area contributed by atoms with Gasteiger partial charge in [0.25, 0.3) is 5.56 Å². The fourth-order valence-electron chi connectivity index (χ4n) is 5.49. The quantitative estimate of drug-likeness (QED) is 0.145. The van der Waals surface area contributed by atoms with E-state index in [1.54, 1.807) is 6.07 Å². The monoisotopic (exact) mass is 711 g/mol. The van der Waals surface area contributed by atoms with Crippen molar-refractivity contribution in [2.75, 3.05) is 13.7 Å². The van der Waals surface area contributed by atoms with E-state index in [-0.39, 0.29) is 23.4 Å². The van der Waals surface area contributed by atoms with Gasteiger partial charge >= 0.3 is 28.1 Å². The van der Waals surface area contributed by atoms with Gasteiger partial charge in [0, 0.05) is 29.8 Å². The fraction of sp³-hybridized carbons (Fsp3) is 0.281. The first-order valence-electron chi connectivity index (χ1n) is 14.5. The van der Waals surface area contributed by atoms with Gasteiger partial charge < -0.3 is 9.84 Å². The molecule has 0 radical (unpaired) electrons. The highest BCUT2D eigenvalue weighted by atomic mass is 32.2. The molecule has 4 rings (SSSR count). The molecule has 3 aromatic carbocycles. The highest BCUT2D eigenvalue weighted by molar-refractivity contribution is 7.83. The first-order valence-corrected chi connectivity index (χ1v) is 15.9. The van der Waals surface area contributed by atoms with E-state index in [0.717, 1.165) is 32.2 Å². The van der Waals surface area contributed by atoms with Gasteiger partial charge in [-0.3, -0.25) is 23.3 Å². The Balaban J connectivity index is 2.06. The van der Waals surface area contributed by atoms with Gasteiger partial charge in [-0.05, 0) is 37.1 Å². The zero-order valence-electron chi connectivity index (χ0n) is 25.9. The minimum Gasteiger partial charge on any atom is -0.494 e. The number of nitrogens with zero attached hydrogens (tertiary/aromatic N) is 3. The molecular formula is C32H30F5N3O8S. The number of rotatable bonds is 13. The van der Waals surface area contributed by atoms with Crippen LogP contribution in [0.2, 0.25) is 0 Å². The van der Waals surface area contributed by atoms with Gasteiger partial charge in [-0.2, -0.15) is 25.9 Å². The number of ether oxygens (including phenoxy) is 1. The number of benzene rings is 3. The molecule has 0 amide bonds. The summed E-state index contributed by atoms with van der Waals surface area (Å²) in [5, 5.41) is 9.10. The van der Waals surface area contributed by atoms with E-state index in [4.69, 9.17) is 9.84 Å². The van der Waals surface area contributed by atoms with Crippen LogP contribution in [0, 0.1) is 18.6 Å². The van der Waals surface area contributed by atoms with E-state index in [1.165, 1.54) is 36.4 Å². The molecular weight excluding hydrogens is 681 g/mol. The molecule has 0 aliphatic heterocycles. The summed E-state index contributed by atoms with van der Waals surface area (Å²) in [5.74, 6) is -4.00. The van der Waals surface area contributed by atoms with Crippen molar-refractivity contribution in [3.63, 3.8) is 0 Å². The van der Waals surface area contributed by atoms with Crippen LogP contribution in [0.25, 0.3) is 11.1 Å². The van der Waals surface area contributed by atoms with Crippen molar-refractivity contribution in [2.24, 2.45) is 0 Å². The Labute approximate surface area is 276 Å².